The molecule has 1 N–H and O–H groups in total. The van der Waals surface area contributed by atoms with Crippen LogP contribution in [0.2, 0.25) is 0 Å². The van der Waals surface area contributed by atoms with Crippen LogP contribution in [0.5, 0.6) is 0 Å². The van der Waals surface area contributed by atoms with Crippen molar-refractivity contribution in [3.05, 3.63) is 69.7 Å². The number of nitrogens with one attached hydrogen (secondary N) is 1. The molecular formula is C17H19BrN2O. The molecule has 0 aromatic heterocycles. The van der Waals surface area contributed by atoms with E-state index in [9.17, 15) is 4.79 Å². The number of hydrogen-bond donors (Lipinski definition) is 1. The minimum atomic E-state index is -0.0593. The van der Waals surface area contributed by atoms with E-state index in [2.05, 4.69) is 38.3 Å². The van der Waals surface area contributed by atoms with E-state index in [1.54, 1.807) is 0 Å². The minimum absolute atomic E-state index is 0.0593. The highest BCUT2D eigenvalue weighted by molar-refractivity contribution is 9.10. The Hall–Kier alpha value is -1.65. The van der Waals surface area contributed by atoms with Gasteiger partial charge in [-0.1, -0.05) is 46.3 Å². The molecule has 0 atom stereocenters. The van der Waals surface area contributed by atoms with Gasteiger partial charge in [-0.2, -0.15) is 0 Å². The molecule has 3 nitrogen and oxygen atoms in total. The average molecular weight is 347 g/mol. The lowest BCUT2D eigenvalue weighted by atomic mass is 10.1. The molecule has 0 aliphatic carbocycles. The Bertz CT molecular complexity index is 626. The zero-order valence-corrected chi connectivity index (χ0v) is 13.9. The molecule has 0 saturated heterocycles. The van der Waals surface area contributed by atoms with E-state index in [-0.39, 0.29) is 5.91 Å². The van der Waals surface area contributed by atoms with Gasteiger partial charge in [-0.3, -0.25) is 4.79 Å². The predicted octanol–water partition coefficient (Wildman–Crippen LogP) is 3.44. The number of amides is 1. The lowest BCUT2D eigenvalue weighted by Gasteiger charge is -2.14. The van der Waals surface area contributed by atoms with E-state index >= 15 is 0 Å². The molecule has 2 rings (SSSR count). The highest BCUT2D eigenvalue weighted by atomic mass is 79.9. The van der Waals surface area contributed by atoms with Crippen LogP contribution in [0, 0.1) is 0 Å². The Morgan fingerprint density at radius 1 is 1.10 bits per heavy atom. The summed E-state index contributed by atoms with van der Waals surface area (Å²) in [6.45, 7) is 1.40. The van der Waals surface area contributed by atoms with Crippen LogP contribution in [0.15, 0.2) is 53.0 Å². The molecule has 0 heterocycles. The second kappa shape index (κ2) is 7.38. The summed E-state index contributed by atoms with van der Waals surface area (Å²) in [7, 11) is 4.08. The van der Waals surface area contributed by atoms with Gasteiger partial charge in [0.05, 0.1) is 0 Å². The third-order valence-corrected chi connectivity index (χ3v) is 3.62. The Labute approximate surface area is 134 Å². The number of carbonyl (C=O) groups is 1. The van der Waals surface area contributed by atoms with Gasteiger partial charge in [0.1, 0.15) is 0 Å². The van der Waals surface area contributed by atoms with Gasteiger partial charge in [0.2, 0.25) is 0 Å². The van der Waals surface area contributed by atoms with Crippen molar-refractivity contribution in [1.29, 1.82) is 0 Å². The van der Waals surface area contributed by atoms with Crippen molar-refractivity contribution in [2.45, 2.75) is 13.1 Å². The maximum absolute atomic E-state index is 12.2. The maximum Gasteiger partial charge on any atom is 0.251 e. The van der Waals surface area contributed by atoms with E-state index in [0.717, 1.165) is 16.6 Å². The molecule has 110 valence electrons. The molecule has 4 heteroatoms. The normalized spacial score (nSPS) is 10.7. The molecule has 0 spiro atoms. The van der Waals surface area contributed by atoms with Crippen LogP contribution in [0.4, 0.5) is 0 Å². The number of benzene rings is 2. The number of halogens is 1. The fraction of sp³-hybridized carbons (Fsp3) is 0.235. The van der Waals surface area contributed by atoms with Gasteiger partial charge in [0.15, 0.2) is 0 Å². The summed E-state index contributed by atoms with van der Waals surface area (Å²) in [6, 6.07) is 15.6. The van der Waals surface area contributed by atoms with Gasteiger partial charge in [0, 0.05) is 23.1 Å². The molecule has 0 aliphatic heterocycles. The summed E-state index contributed by atoms with van der Waals surface area (Å²) in [5.74, 6) is -0.0593. The van der Waals surface area contributed by atoms with Crippen LogP contribution in [-0.4, -0.2) is 24.9 Å². The van der Waals surface area contributed by atoms with Gasteiger partial charge in [-0.15, -0.1) is 0 Å². The van der Waals surface area contributed by atoms with E-state index in [1.807, 2.05) is 50.5 Å². The second-order valence-corrected chi connectivity index (χ2v) is 6.12. The molecule has 21 heavy (non-hydrogen) atoms. The van der Waals surface area contributed by atoms with Gasteiger partial charge >= 0.3 is 0 Å². The molecule has 0 aliphatic rings. The van der Waals surface area contributed by atoms with Crippen molar-refractivity contribution >= 4 is 21.8 Å². The monoisotopic (exact) mass is 346 g/mol. The van der Waals surface area contributed by atoms with E-state index in [4.69, 9.17) is 0 Å². The molecule has 0 saturated carbocycles. The summed E-state index contributed by atoms with van der Waals surface area (Å²) < 4.78 is 0.906. The maximum atomic E-state index is 12.2. The number of rotatable bonds is 5. The lowest BCUT2D eigenvalue weighted by Crippen LogP contribution is -2.24. The molecule has 2 aromatic rings. The average Bonchev–Trinajstić information content (AvgIpc) is 2.45. The topological polar surface area (TPSA) is 32.3 Å². The lowest BCUT2D eigenvalue weighted by molar-refractivity contribution is 0.0950. The quantitative estimate of drug-likeness (QED) is 0.899. The van der Waals surface area contributed by atoms with Crippen molar-refractivity contribution in [2.24, 2.45) is 0 Å². The number of nitrogens with zero attached hydrogens (tertiary/aromatic N) is 1. The van der Waals surface area contributed by atoms with Crippen LogP contribution in [0.1, 0.15) is 21.5 Å². The highest BCUT2D eigenvalue weighted by Gasteiger charge is 2.08. The summed E-state index contributed by atoms with van der Waals surface area (Å²) in [5.41, 5.74) is 3.04. The fourth-order valence-corrected chi connectivity index (χ4v) is 2.53. The zero-order chi connectivity index (χ0) is 15.2. The SMILES string of the molecule is CN(C)Cc1ccccc1CNC(=O)c1cccc(Br)c1. The molecule has 2 aromatic carbocycles. The smallest absolute Gasteiger partial charge is 0.251 e. The van der Waals surface area contributed by atoms with Crippen LogP contribution < -0.4 is 5.32 Å². The van der Waals surface area contributed by atoms with Gasteiger partial charge < -0.3 is 10.2 Å². The largest absolute Gasteiger partial charge is 0.348 e. The zero-order valence-electron chi connectivity index (χ0n) is 12.3. The Balaban J connectivity index is 2.04. The Morgan fingerprint density at radius 2 is 1.81 bits per heavy atom. The van der Waals surface area contributed by atoms with Crippen molar-refractivity contribution < 1.29 is 4.79 Å². The summed E-state index contributed by atoms with van der Waals surface area (Å²) >= 11 is 3.38. The minimum Gasteiger partial charge on any atom is -0.348 e. The fourth-order valence-electron chi connectivity index (χ4n) is 2.13. The Kier molecular flexibility index (Phi) is 5.53. The second-order valence-electron chi connectivity index (χ2n) is 5.20. The first kappa shape index (κ1) is 15.7. The highest BCUT2D eigenvalue weighted by Crippen LogP contribution is 2.13. The molecule has 1 amide bonds. The van der Waals surface area contributed by atoms with Crippen LogP contribution >= 0.6 is 15.9 Å². The Morgan fingerprint density at radius 3 is 2.48 bits per heavy atom. The third kappa shape index (κ3) is 4.69. The standard InChI is InChI=1S/C17H19BrN2O/c1-20(2)12-15-7-4-3-6-14(15)11-19-17(21)13-8-5-9-16(18)10-13/h3-10H,11-12H2,1-2H3,(H,19,21). The van der Waals surface area contributed by atoms with Crippen molar-refractivity contribution in [2.75, 3.05) is 14.1 Å². The molecule has 0 bridgehead atoms. The van der Waals surface area contributed by atoms with E-state index in [0.29, 0.717) is 12.1 Å². The molecular weight excluding hydrogens is 328 g/mol. The van der Waals surface area contributed by atoms with Gasteiger partial charge in [-0.05, 0) is 43.4 Å². The molecule has 0 fully saturated rings. The third-order valence-electron chi connectivity index (χ3n) is 3.13. The van der Waals surface area contributed by atoms with Crippen LogP contribution in [0.25, 0.3) is 0 Å². The molecule has 0 radical (unpaired) electrons. The predicted molar refractivity (Wildman–Crippen MR) is 89.1 cm³/mol. The van der Waals surface area contributed by atoms with Crippen LogP contribution in [-0.2, 0) is 13.1 Å². The van der Waals surface area contributed by atoms with Gasteiger partial charge in [-0.25, -0.2) is 0 Å². The first-order valence-electron chi connectivity index (χ1n) is 6.81. The van der Waals surface area contributed by atoms with E-state index < -0.39 is 0 Å². The molecule has 0 unspecified atom stereocenters. The summed E-state index contributed by atoms with van der Waals surface area (Å²) in [4.78, 5) is 14.3. The van der Waals surface area contributed by atoms with Gasteiger partial charge in [0.25, 0.3) is 5.91 Å². The number of carbonyl (C=O) groups excluding carboxylic acids is 1. The van der Waals surface area contributed by atoms with E-state index in [1.165, 1.54) is 5.56 Å². The summed E-state index contributed by atoms with van der Waals surface area (Å²) in [5, 5.41) is 2.98. The first-order valence-corrected chi connectivity index (χ1v) is 7.61. The number of hydrogen-bond acceptors (Lipinski definition) is 2. The van der Waals surface area contributed by atoms with Crippen molar-refractivity contribution in [3.8, 4) is 0 Å². The first-order chi connectivity index (χ1) is 10.1. The van der Waals surface area contributed by atoms with Crippen LogP contribution in [0.3, 0.4) is 0 Å². The van der Waals surface area contributed by atoms with Crippen molar-refractivity contribution in [3.63, 3.8) is 0 Å². The van der Waals surface area contributed by atoms with Crippen molar-refractivity contribution in [1.82, 2.24) is 10.2 Å². The summed E-state index contributed by atoms with van der Waals surface area (Å²) in [6.07, 6.45) is 0.